The van der Waals surface area contributed by atoms with E-state index in [0.29, 0.717) is 24.0 Å². The summed E-state index contributed by atoms with van der Waals surface area (Å²) in [6.45, 7) is 0. The maximum atomic E-state index is 14.2. The number of rotatable bonds is 2. The molecule has 2 N–H and O–H groups in total. The summed E-state index contributed by atoms with van der Waals surface area (Å²) >= 11 is 11.2. The van der Waals surface area contributed by atoms with Crippen LogP contribution in [0.5, 0.6) is 11.8 Å². The normalized spacial score (nSPS) is 14.0. The van der Waals surface area contributed by atoms with Crippen molar-refractivity contribution in [2.24, 2.45) is 0 Å². The topological polar surface area (TPSA) is 62.5 Å². The van der Waals surface area contributed by atoms with Gasteiger partial charge in [-0.1, -0.05) is 11.6 Å². The first-order chi connectivity index (χ1) is 10.4. The molecular weight excluding hydrogens is 332 g/mol. The maximum Gasteiger partial charge on any atom is 0.253 e. The first kappa shape index (κ1) is 15.2. The highest BCUT2D eigenvalue weighted by Gasteiger charge is 2.27. The highest BCUT2D eigenvalue weighted by molar-refractivity contribution is 6.68. The van der Waals surface area contributed by atoms with E-state index in [1.54, 1.807) is 0 Å². The zero-order valence-corrected chi connectivity index (χ0v) is 12.9. The van der Waals surface area contributed by atoms with Gasteiger partial charge in [0.05, 0.1) is 16.3 Å². The van der Waals surface area contributed by atoms with Crippen LogP contribution in [0.25, 0.3) is 5.69 Å². The quantitative estimate of drug-likeness (QED) is 0.812. The van der Waals surface area contributed by atoms with E-state index in [0.717, 1.165) is 29.5 Å². The number of carbonyl (C=O) groups excluding carboxylic acids is 1. The van der Waals surface area contributed by atoms with E-state index in [1.807, 2.05) is 0 Å². The summed E-state index contributed by atoms with van der Waals surface area (Å²) < 4.78 is 15.2. The van der Waals surface area contributed by atoms with Crippen LogP contribution < -0.4 is 0 Å². The predicted octanol–water partition coefficient (Wildman–Crippen LogP) is 3.94. The van der Waals surface area contributed by atoms with Crippen LogP contribution in [0.4, 0.5) is 4.39 Å². The van der Waals surface area contributed by atoms with Gasteiger partial charge in [-0.2, -0.15) is 0 Å². The molecule has 22 heavy (non-hydrogen) atoms. The summed E-state index contributed by atoms with van der Waals surface area (Å²) in [5.74, 6) is -1.22. The number of hydrogen-bond acceptors (Lipinski definition) is 3. The monoisotopic (exact) mass is 343 g/mol. The average molecular weight is 344 g/mol. The van der Waals surface area contributed by atoms with Crippen LogP contribution in [-0.2, 0) is 12.8 Å². The molecule has 0 saturated heterocycles. The van der Waals surface area contributed by atoms with Crippen molar-refractivity contribution >= 4 is 28.4 Å². The number of nitrogens with zero attached hydrogens (tertiary/aromatic N) is 1. The van der Waals surface area contributed by atoms with Gasteiger partial charge in [0.15, 0.2) is 0 Å². The van der Waals surface area contributed by atoms with E-state index in [2.05, 4.69) is 0 Å². The fourth-order valence-electron chi connectivity index (χ4n) is 2.86. The number of fused-ring (bicyclic) bond motifs is 1. The average Bonchev–Trinajstić information content (AvgIpc) is 2.72. The van der Waals surface area contributed by atoms with Crippen LogP contribution in [0, 0.1) is 5.82 Å². The molecule has 4 nitrogen and oxygen atoms in total. The lowest BCUT2D eigenvalue weighted by Gasteiger charge is -2.10. The molecule has 1 aliphatic carbocycles. The molecule has 1 heterocycles. The van der Waals surface area contributed by atoms with Crippen LogP contribution in [0.3, 0.4) is 0 Å². The van der Waals surface area contributed by atoms with Gasteiger partial charge in [-0.05, 0) is 49.4 Å². The molecule has 0 bridgehead atoms. The second kappa shape index (κ2) is 5.48. The maximum absolute atomic E-state index is 14.2. The minimum atomic E-state index is -0.845. The molecule has 7 heteroatoms. The summed E-state index contributed by atoms with van der Waals surface area (Å²) in [4.78, 5) is 11.3. The van der Waals surface area contributed by atoms with Crippen LogP contribution in [-0.4, -0.2) is 20.0 Å². The predicted molar refractivity (Wildman–Crippen MR) is 80.9 cm³/mol. The van der Waals surface area contributed by atoms with Crippen molar-refractivity contribution in [3.8, 4) is 17.4 Å². The smallest absolute Gasteiger partial charge is 0.253 e. The van der Waals surface area contributed by atoms with Crippen LogP contribution in [0.1, 0.15) is 34.3 Å². The van der Waals surface area contributed by atoms with Gasteiger partial charge in [-0.3, -0.25) is 4.79 Å². The molecule has 0 radical (unpaired) electrons. The van der Waals surface area contributed by atoms with E-state index >= 15 is 0 Å². The molecule has 1 aromatic carbocycles. The van der Waals surface area contributed by atoms with Gasteiger partial charge in [-0.15, -0.1) is 0 Å². The molecule has 3 rings (SSSR count). The molecule has 116 valence electrons. The van der Waals surface area contributed by atoms with Gasteiger partial charge >= 0.3 is 0 Å². The third-order valence-corrected chi connectivity index (χ3v) is 4.44. The standard InChI is InChI=1S/C15H12Cl2FNO3/c16-10-6-11(18)12(5-9(10)13(17)20)19-14(21)7-3-1-2-4-8(7)15(19)22/h5-6,21-22H,1-4H2. The van der Waals surface area contributed by atoms with Crippen molar-refractivity contribution in [1.82, 2.24) is 4.57 Å². The minimum absolute atomic E-state index is 0.0924. The molecule has 0 spiro atoms. The van der Waals surface area contributed by atoms with Gasteiger partial charge in [0, 0.05) is 11.1 Å². The molecule has 1 aromatic heterocycles. The number of carbonyl (C=O) groups is 1. The fraction of sp³-hybridized carbons (Fsp3) is 0.267. The molecule has 0 fully saturated rings. The number of aromatic nitrogens is 1. The first-order valence-corrected chi connectivity index (χ1v) is 7.51. The Hall–Kier alpha value is -1.72. The van der Waals surface area contributed by atoms with Gasteiger partial charge in [0.2, 0.25) is 11.8 Å². The third kappa shape index (κ3) is 2.25. The largest absolute Gasteiger partial charge is 0.494 e. The minimum Gasteiger partial charge on any atom is -0.494 e. The molecular formula is C15H12Cl2FNO3. The van der Waals surface area contributed by atoms with Crippen molar-refractivity contribution in [3.05, 3.63) is 39.7 Å². The molecule has 0 unspecified atom stereocenters. The number of halogens is 3. The number of aromatic hydroxyl groups is 2. The Labute approximate surface area is 135 Å². The second-order valence-electron chi connectivity index (χ2n) is 5.20. The van der Waals surface area contributed by atoms with E-state index in [1.165, 1.54) is 0 Å². The van der Waals surface area contributed by atoms with Crippen molar-refractivity contribution in [3.63, 3.8) is 0 Å². The van der Waals surface area contributed by atoms with E-state index in [9.17, 15) is 19.4 Å². The summed E-state index contributed by atoms with van der Waals surface area (Å²) in [5.41, 5.74) is 0.955. The summed E-state index contributed by atoms with van der Waals surface area (Å²) in [6.07, 6.45) is 2.99. The molecule has 0 amide bonds. The first-order valence-electron chi connectivity index (χ1n) is 6.75. The van der Waals surface area contributed by atoms with E-state index in [-0.39, 0.29) is 28.0 Å². The number of hydrogen-bond donors (Lipinski definition) is 2. The zero-order valence-electron chi connectivity index (χ0n) is 11.4. The van der Waals surface area contributed by atoms with Gasteiger partial charge in [-0.25, -0.2) is 8.96 Å². The number of benzene rings is 1. The van der Waals surface area contributed by atoms with Crippen molar-refractivity contribution in [1.29, 1.82) is 0 Å². The summed E-state index contributed by atoms with van der Waals surface area (Å²) in [5, 5.41) is 19.7. The van der Waals surface area contributed by atoms with Gasteiger partial charge in [0.1, 0.15) is 5.82 Å². The lowest BCUT2D eigenvalue weighted by Crippen LogP contribution is -2.01. The Balaban J connectivity index is 2.26. The highest BCUT2D eigenvalue weighted by Crippen LogP contribution is 2.41. The summed E-state index contributed by atoms with van der Waals surface area (Å²) in [6, 6.07) is 2.06. The van der Waals surface area contributed by atoms with Gasteiger partial charge < -0.3 is 10.2 Å². The van der Waals surface area contributed by atoms with Crippen LogP contribution in [0.2, 0.25) is 5.02 Å². The fourth-order valence-corrected chi connectivity index (χ4v) is 3.30. The Morgan fingerprint density at radius 3 is 2.18 bits per heavy atom. The molecule has 0 saturated carbocycles. The lowest BCUT2D eigenvalue weighted by molar-refractivity contribution is 0.108. The third-order valence-electron chi connectivity index (χ3n) is 3.92. The Morgan fingerprint density at radius 2 is 1.68 bits per heavy atom. The Morgan fingerprint density at radius 1 is 1.14 bits per heavy atom. The molecule has 0 aliphatic heterocycles. The SMILES string of the molecule is O=C(Cl)c1cc(-n2c(O)c3c(c2O)CCCC3)c(F)cc1Cl. The van der Waals surface area contributed by atoms with Crippen molar-refractivity contribution < 1.29 is 19.4 Å². The van der Waals surface area contributed by atoms with Crippen molar-refractivity contribution in [2.75, 3.05) is 0 Å². The van der Waals surface area contributed by atoms with E-state index < -0.39 is 11.1 Å². The Bertz CT molecular complexity index is 756. The highest BCUT2D eigenvalue weighted by atomic mass is 35.5. The second-order valence-corrected chi connectivity index (χ2v) is 5.95. The van der Waals surface area contributed by atoms with Crippen LogP contribution >= 0.6 is 23.2 Å². The lowest BCUT2D eigenvalue weighted by atomic mass is 9.95. The molecule has 2 aromatic rings. The van der Waals surface area contributed by atoms with Gasteiger partial charge in [0.25, 0.3) is 5.24 Å². The zero-order chi connectivity index (χ0) is 16.0. The summed E-state index contributed by atoms with van der Waals surface area (Å²) in [7, 11) is 0. The van der Waals surface area contributed by atoms with Crippen molar-refractivity contribution in [2.45, 2.75) is 25.7 Å². The van der Waals surface area contributed by atoms with Crippen LogP contribution in [0.15, 0.2) is 12.1 Å². The Kier molecular flexibility index (Phi) is 3.78. The van der Waals surface area contributed by atoms with E-state index in [4.69, 9.17) is 23.2 Å². The molecule has 1 aliphatic rings. The molecule has 0 atom stereocenters.